The average Bonchev–Trinajstić information content (AvgIpc) is 2.55. The Kier molecular flexibility index (Phi) is 16.0. The number of rotatable bonds is 17. The highest BCUT2D eigenvalue weighted by atomic mass is 16.4. The third-order valence-corrected chi connectivity index (χ3v) is 4.45. The lowest BCUT2D eigenvalue weighted by atomic mass is 10.1. The number of aliphatic carboxylic acids is 1. The highest BCUT2D eigenvalue weighted by Gasteiger charge is 2.15. The smallest absolute Gasteiger partial charge is 0.323 e. The van der Waals surface area contributed by atoms with Gasteiger partial charge in [-0.05, 0) is 12.8 Å². The van der Waals surface area contributed by atoms with Crippen molar-refractivity contribution in [1.29, 1.82) is 0 Å². The molecule has 4 heteroatoms. The second kappa shape index (κ2) is 16.8. The number of carboxylic acids is 1. The summed E-state index contributed by atoms with van der Waals surface area (Å²) in [6.07, 6.45) is 15.6. The molecule has 0 saturated carbocycles. The summed E-state index contributed by atoms with van der Waals surface area (Å²) in [4.78, 5) is 24.8. The van der Waals surface area contributed by atoms with Gasteiger partial charge in [0.15, 0.2) is 0 Å². The summed E-state index contributed by atoms with van der Waals surface area (Å²) in [7, 11) is 0. The highest BCUT2D eigenvalue weighted by molar-refractivity contribution is 5.81. The van der Waals surface area contributed by atoms with Crippen LogP contribution < -0.4 is 0 Å². The predicted molar refractivity (Wildman–Crippen MR) is 100 cm³/mol. The van der Waals surface area contributed by atoms with Crippen LogP contribution >= 0.6 is 0 Å². The molecule has 0 aromatic carbocycles. The Balaban J connectivity index is 3.88. The van der Waals surface area contributed by atoms with Gasteiger partial charge in [-0.25, -0.2) is 0 Å². The lowest BCUT2D eigenvalue weighted by Crippen LogP contribution is -2.36. The number of unbranched alkanes of at least 4 members (excludes halogenated alkanes) is 11. The summed E-state index contributed by atoms with van der Waals surface area (Å²) in [5.41, 5.74) is 0. The quantitative estimate of drug-likeness (QED) is 0.360. The van der Waals surface area contributed by atoms with Crippen LogP contribution in [0.1, 0.15) is 104 Å². The number of nitrogens with zero attached hydrogens (tertiary/aromatic N) is 1. The summed E-state index contributed by atoms with van der Waals surface area (Å²) < 4.78 is 0. The van der Waals surface area contributed by atoms with Gasteiger partial charge in [-0.15, -0.1) is 0 Å². The normalized spacial score (nSPS) is 10.8. The maximum absolute atomic E-state index is 12.2. The van der Waals surface area contributed by atoms with Gasteiger partial charge < -0.3 is 10.0 Å². The number of carbonyl (C=O) groups is 2. The second-order valence-corrected chi connectivity index (χ2v) is 6.85. The van der Waals surface area contributed by atoms with Crippen LogP contribution in [0.3, 0.4) is 0 Å². The number of carbonyl (C=O) groups excluding carboxylic acids is 1. The van der Waals surface area contributed by atoms with Crippen molar-refractivity contribution in [2.45, 2.75) is 104 Å². The number of hydrogen-bond acceptors (Lipinski definition) is 2. The Morgan fingerprint density at radius 1 is 0.708 bits per heavy atom. The molecule has 1 N–H and O–H groups in total. The largest absolute Gasteiger partial charge is 0.480 e. The van der Waals surface area contributed by atoms with Crippen molar-refractivity contribution < 1.29 is 14.7 Å². The van der Waals surface area contributed by atoms with Gasteiger partial charge in [0.2, 0.25) is 5.91 Å². The molecule has 1 amide bonds. The van der Waals surface area contributed by atoms with Crippen molar-refractivity contribution in [2.24, 2.45) is 0 Å². The van der Waals surface area contributed by atoms with E-state index < -0.39 is 5.97 Å². The molecule has 0 bridgehead atoms. The summed E-state index contributed by atoms with van der Waals surface area (Å²) in [6, 6.07) is 0. The van der Waals surface area contributed by atoms with Crippen molar-refractivity contribution in [2.75, 3.05) is 13.1 Å². The third kappa shape index (κ3) is 14.5. The lowest BCUT2D eigenvalue weighted by Gasteiger charge is -2.20. The molecular formula is C20H39NO3. The van der Waals surface area contributed by atoms with Gasteiger partial charge in [-0.1, -0.05) is 84.5 Å². The molecule has 0 aromatic heterocycles. The summed E-state index contributed by atoms with van der Waals surface area (Å²) in [5, 5.41) is 9.00. The molecule has 0 unspecified atom stereocenters. The average molecular weight is 342 g/mol. The van der Waals surface area contributed by atoms with Crippen LogP contribution in [0.4, 0.5) is 0 Å². The molecular weight excluding hydrogens is 302 g/mol. The molecule has 0 atom stereocenters. The molecule has 0 radical (unpaired) electrons. The summed E-state index contributed by atoms with van der Waals surface area (Å²) in [5.74, 6) is -0.895. The van der Waals surface area contributed by atoms with Gasteiger partial charge in [0.1, 0.15) is 6.54 Å². The van der Waals surface area contributed by atoms with E-state index in [1.165, 1.54) is 57.8 Å². The van der Waals surface area contributed by atoms with E-state index in [0.717, 1.165) is 25.7 Å². The lowest BCUT2D eigenvalue weighted by molar-refractivity contribution is -0.144. The van der Waals surface area contributed by atoms with Crippen molar-refractivity contribution >= 4 is 11.9 Å². The van der Waals surface area contributed by atoms with Crippen LogP contribution in [0.15, 0.2) is 0 Å². The maximum Gasteiger partial charge on any atom is 0.323 e. The maximum atomic E-state index is 12.2. The fraction of sp³-hybridized carbons (Fsp3) is 0.900. The predicted octanol–water partition coefficient (Wildman–Crippen LogP) is 5.40. The molecule has 4 nitrogen and oxygen atoms in total. The molecule has 24 heavy (non-hydrogen) atoms. The Morgan fingerprint density at radius 3 is 1.67 bits per heavy atom. The van der Waals surface area contributed by atoms with Crippen LogP contribution in [-0.4, -0.2) is 35.0 Å². The van der Waals surface area contributed by atoms with Crippen LogP contribution in [0.25, 0.3) is 0 Å². The fourth-order valence-electron chi connectivity index (χ4n) is 2.93. The van der Waals surface area contributed by atoms with Gasteiger partial charge in [-0.3, -0.25) is 9.59 Å². The first-order valence-corrected chi connectivity index (χ1v) is 10.1. The van der Waals surface area contributed by atoms with E-state index >= 15 is 0 Å². The van der Waals surface area contributed by atoms with Crippen molar-refractivity contribution in [1.82, 2.24) is 4.90 Å². The number of amides is 1. The molecule has 0 heterocycles. The number of hydrogen-bond donors (Lipinski definition) is 1. The zero-order valence-electron chi connectivity index (χ0n) is 16.0. The van der Waals surface area contributed by atoms with Crippen LogP contribution in [-0.2, 0) is 9.59 Å². The first-order valence-electron chi connectivity index (χ1n) is 10.1. The molecule has 0 aromatic rings. The van der Waals surface area contributed by atoms with Crippen molar-refractivity contribution in [3.63, 3.8) is 0 Å². The van der Waals surface area contributed by atoms with Gasteiger partial charge in [0.05, 0.1) is 0 Å². The SMILES string of the molecule is CCCCCCCCCC(=O)N(CCCCCCCC)CC(=O)O. The van der Waals surface area contributed by atoms with E-state index in [0.29, 0.717) is 13.0 Å². The molecule has 0 aliphatic rings. The van der Waals surface area contributed by atoms with Crippen LogP contribution in [0, 0.1) is 0 Å². The van der Waals surface area contributed by atoms with Crippen molar-refractivity contribution in [3.05, 3.63) is 0 Å². The zero-order chi connectivity index (χ0) is 18.0. The molecule has 0 rings (SSSR count). The zero-order valence-corrected chi connectivity index (χ0v) is 16.0. The van der Waals surface area contributed by atoms with E-state index in [9.17, 15) is 9.59 Å². The molecule has 0 fully saturated rings. The number of carboxylic acid groups (broad SMARTS) is 1. The Labute approximate surface area is 149 Å². The highest BCUT2D eigenvalue weighted by Crippen LogP contribution is 2.11. The molecule has 0 aliphatic heterocycles. The Hall–Kier alpha value is -1.06. The van der Waals surface area contributed by atoms with Crippen LogP contribution in [0.5, 0.6) is 0 Å². The molecule has 0 aliphatic carbocycles. The van der Waals surface area contributed by atoms with E-state index in [4.69, 9.17) is 5.11 Å². The van der Waals surface area contributed by atoms with Gasteiger partial charge in [0, 0.05) is 13.0 Å². The van der Waals surface area contributed by atoms with E-state index in [1.54, 1.807) is 4.90 Å². The van der Waals surface area contributed by atoms with E-state index in [2.05, 4.69) is 13.8 Å². The van der Waals surface area contributed by atoms with Gasteiger partial charge >= 0.3 is 5.97 Å². The Bertz CT molecular complexity index is 318. The monoisotopic (exact) mass is 341 g/mol. The molecule has 0 spiro atoms. The third-order valence-electron chi connectivity index (χ3n) is 4.45. The minimum Gasteiger partial charge on any atom is -0.480 e. The first kappa shape index (κ1) is 22.9. The minimum atomic E-state index is -0.908. The fourth-order valence-corrected chi connectivity index (χ4v) is 2.93. The van der Waals surface area contributed by atoms with Crippen LogP contribution in [0.2, 0.25) is 0 Å². The second-order valence-electron chi connectivity index (χ2n) is 6.85. The standard InChI is InChI=1S/C20H39NO3/c1-3-5-7-9-11-12-14-16-19(22)21(18-20(23)24)17-15-13-10-8-6-4-2/h3-18H2,1-2H3,(H,23,24). The van der Waals surface area contributed by atoms with E-state index in [-0.39, 0.29) is 12.5 Å². The summed E-state index contributed by atoms with van der Waals surface area (Å²) >= 11 is 0. The topological polar surface area (TPSA) is 57.6 Å². The van der Waals surface area contributed by atoms with E-state index in [1.807, 2.05) is 0 Å². The minimum absolute atomic E-state index is 0.0134. The molecule has 142 valence electrons. The molecule has 0 saturated heterocycles. The van der Waals surface area contributed by atoms with Gasteiger partial charge in [-0.2, -0.15) is 0 Å². The Morgan fingerprint density at radius 2 is 1.17 bits per heavy atom. The van der Waals surface area contributed by atoms with Gasteiger partial charge in [0.25, 0.3) is 0 Å². The summed E-state index contributed by atoms with van der Waals surface area (Å²) in [6.45, 7) is 4.84. The first-order chi connectivity index (χ1) is 11.6. The van der Waals surface area contributed by atoms with Crippen molar-refractivity contribution in [3.8, 4) is 0 Å².